The number of rotatable bonds is 9. The number of ketones is 1. The van der Waals surface area contributed by atoms with Gasteiger partial charge in [0.2, 0.25) is 0 Å². The number of hydrogen-bond donors (Lipinski definition) is 3. The summed E-state index contributed by atoms with van der Waals surface area (Å²) in [5.41, 5.74) is 7.82. The first-order valence-corrected chi connectivity index (χ1v) is 12.4. The van der Waals surface area contributed by atoms with Gasteiger partial charge in [0.25, 0.3) is 11.5 Å². The quantitative estimate of drug-likeness (QED) is 0.305. The number of nitrogens with one attached hydrogen (secondary N) is 2. The average molecular weight is 499 g/mol. The zero-order valence-corrected chi connectivity index (χ0v) is 20.3. The Morgan fingerprint density at radius 3 is 2.77 bits per heavy atom. The molecule has 0 unspecified atom stereocenters. The number of nitrogens with zero attached hydrogens (tertiary/aromatic N) is 1. The number of hydrogen-bond acceptors (Lipinski definition) is 7. The average Bonchev–Trinajstić information content (AvgIpc) is 3.51. The molecule has 1 aliphatic carbocycles. The molecule has 0 saturated heterocycles. The fourth-order valence-corrected chi connectivity index (χ4v) is 4.89. The lowest BCUT2D eigenvalue weighted by atomic mass is 10.00. The molecule has 0 radical (unpaired) electrons. The minimum atomic E-state index is -0.717. The number of benzene rings is 1. The molecule has 1 aromatic carbocycles. The fourth-order valence-electron chi connectivity index (χ4n) is 4.02. The highest BCUT2D eigenvalue weighted by molar-refractivity contribution is 7.98. The van der Waals surface area contributed by atoms with E-state index in [-0.39, 0.29) is 29.6 Å². The summed E-state index contributed by atoms with van der Waals surface area (Å²) in [6.45, 7) is 3.45. The lowest BCUT2D eigenvalue weighted by Gasteiger charge is -2.19. The second-order valence-corrected chi connectivity index (χ2v) is 9.74. The van der Waals surface area contributed by atoms with Gasteiger partial charge in [0, 0.05) is 16.9 Å². The number of furan rings is 1. The van der Waals surface area contributed by atoms with Crippen LogP contribution in [0.5, 0.6) is 0 Å². The monoisotopic (exact) mass is 498 g/mol. The van der Waals surface area contributed by atoms with Gasteiger partial charge < -0.3 is 20.5 Å². The fraction of sp³-hybridized carbons (Fsp3) is 0.360. The second-order valence-electron chi connectivity index (χ2n) is 8.77. The molecule has 10 heteroatoms. The molecule has 0 aliphatic heterocycles. The van der Waals surface area contributed by atoms with E-state index >= 15 is 0 Å². The molecule has 184 valence electrons. The summed E-state index contributed by atoms with van der Waals surface area (Å²) in [5.74, 6) is -0.740. The highest BCUT2D eigenvalue weighted by Gasteiger charge is 2.25. The van der Waals surface area contributed by atoms with Gasteiger partial charge in [0.15, 0.2) is 16.7 Å². The number of Topliss-reactive ketones (excluding diaryl/α,β-unsaturated/α-hetero) is 1. The summed E-state index contributed by atoms with van der Waals surface area (Å²) in [6, 6.07) is 7.02. The molecule has 1 atom stereocenters. The van der Waals surface area contributed by atoms with Crippen LogP contribution in [-0.4, -0.2) is 34.2 Å². The van der Waals surface area contributed by atoms with Gasteiger partial charge in [0.05, 0.1) is 18.3 Å². The molecule has 2 heterocycles. The third-order valence-electron chi connectivity index (χ3n) is 5.95. The molecule has 4 N–H and O–H groups in total. The molecule has 8 nitrogen and oxygen atoms in total. The molecule has 1 aliphatic rings. The van der Waals surface area contributed by atoms with Crippen LogP contribution in [0.2, 0.25) is 0 Å². The molecule has 4 rings (SSSR count). The highest BCUT2D eigenvalue weighted by atomic mass is 32.2. The molecule has 0 saturated carbocycles. The molecule has 3 aromatic rings. The van der Waals surface area contributed by atoms with Crippen LogP contribution >= 0.6 is 11.8 Å². The number of carbonyl (C=O) groups is 2. The van der Waals surface area contributed by atoms with Crippen molar-refractivity contribution in [2.75, 3.05) is 6.54 Å². The van der Waals surface area contributed by atoms with Crippen molar-refractivity contribution in [3.63, 3.8) is 0 Å². The van der Waals surface area contributed by atoms with Crippen LogP contribution in [0.25, 0.3) is 11.3 Å². The van der Waals surface area contributed by atoms with Crippen molar-refractivity contribution in [2.45, 2.75) is 50.1 Å². The zero-order valence-electron chi connectivity index (χ0n) is 19.5. The van der Waals surface area contributed by atoms with Crippen molar-refractivity contribution in [2.24, 2.45) is 11.7 Å². The lowest BCUT2D eigenvalue weighted by molar-refractivity contribution is -0.120. The molecular weight excluding hydrogens is 471 g/mol. The van der Waals surface area contributed by atoms with Crippen LogP contribution in [0.1, 0.15) is 47.6 Å². The third-order valence-corrected chi connectivity index (χ3v) is 6.87. The van der Waals surface area contributed by atoms with E-state index in [0.717, 1.165) is 30.5 Å². The summed E-state index contributed by atoms with van der Waals surface area (Å²) in [6.07, 6.45) is 2.47. The van der Waals surface area contributed by atoms with Crippen LogP contribution < -0.4 is 16.6 Å². The number of carbonyl (C=O) groups excluding carboxylic acids is 2. The van der Waals surface area contributed by atoms with E-state index in [9.17, 15) is 18.8 Å². The number of nitrogens with two attached hydrogens (primary N) is 1. The predicted molar refractivity (Wildman–Crippen MR) is 131 cm³/mol. The van der Waals surface area contributed by atoms with Crippen LogP contribution in [0.15, 0.2) is 44.7 Å². The number of halogens is 1. The Kier molecular flexibility index (Phi) is 7.51. The molecule has 0 bridgehead atoms. The largest absolute Gasteiger partial charge is 0.451 e. The van der Waals surface area contributed by atoms with Gasteiger partial charge in [-0.05, 0) is 48.9 Å². The van der Waals surface area contributed by atoms with Crippen LogP contribution in [0, 0.1) is 11.7 Å². The van der Waals surface area contributed by atoms with Gasteiger partial charge in [-0.2, -0.15) is 0 Å². The van der Waals surface area contributed by atoms with E-state index in [1.54, 1.807) is 18.2 Å². The maximum atomic E-state index is 14.8. The molecule has 2 aromatic heterocycles. The minimum absolute atomic E-state index is 0.0159. The summed E-state index contributed by atoms with van der Waals surface area (Å²) in [5, 5.41) is 3.13. The van der Waals surface area contributed by atoms with Crippen molar-refractivity contribution in [1.29, 1.82) is 0 Å². The Balaban J connectivity index is 1.43. The van der Waals surface area contributed by atoms with Gasteiger partial charge in [-0.3, -0.25) is 14.4 Å². The second kappa shape index (κ2) is 10.6. The van der Waals surface area contributed by atoms with E-state index in [2.05, 4.69) is 15.3 Å². The van der Waals surface area contributed by atoms with Crippen molar-refractivity contribution in [1.82, 2.24) is 15.3 Å². The smallest absolute Gasteiger partial charge is 0.287 e. The summed E-state index contributed by atoms with van der Waals surface area (Å²) in [7, 11) is 0. The van der Waals surface area contributed by atoms with Crippen molar-refractivity contribution < 1.29 is 18.4 Å². The molecule has 1 amide bonds. The number of fused-ring (bicyclic) bond motifs is 1. The van der Waals surface area contributed by atoms with E-state index in [1.165, 1.54) is 23.9 Å². The molecule has 0 spiro atoms. The normalized spacial score (nSPS) is 13.6. The Bertz CT molecular complexity index is 1320. The maximum absolute atomic E-state index is 14.8. The van der Waals surface area contributed by atoms with E-state index in [0.29, 0.717) is 27.8 Å². The minimum Gasteiger partial charge on any atom is -0.451 e. The number of aryl methyl sites for hydroxylation is 1. The van der Waals surface area contributed by atoms with Gasteiger partial charge in [-0.25, -0.2) is 9.37 Å². The van der Waals surface area contributed by atoms with Crippen LogP contribution in [-0.2, 0) is 23.4 Å². The topological polar surface area (TPSA) is 131 Å². The first kappa shape index (κ1) is 24.9. The van der Waals surface area contributed by atoms with E-state index in [1.807, 2.05) is 13.8 Å². The molecular formula is C25H27FN4O4S. The first-order chi connectivity index (χ1) is 16.8. The first-order valence-electron chi connectivity index (χ1n) is 11.4. The predicted octanol–water partition coefficient (Wildman–Crippen LogP) is 3.23. The number of thioether (sulfide) groups is 1. The van der Waals surface area contributed by atoms with Gasteiger partial charge in [0.1, 0.15) is 11.6 Å². The Hall–Kier alpha value is -3.24. The number of aromatic amines is 1. The Morgan fingerprint density at radius 2 is 2.06 bits per heavy atom. The summed E-state index contributed by atoms with van der Waals surface area (Å²) >= 11 is 1.27. The third kappa shape index (κ3) is 5.54. The zero-order chi connectivity index (χ0) is 25.1. The Morgan fingerprint density at radius 1 is 1.26 bits per heavy atom. The van der Waals surface area contributed by atoms with Crippen LogP contribution in [0.3, 0.4) is 0 Å². The van der Waals surface area contributed by atoms with Crippen molar-refractivity contribution in [3.05, 3.63) is 69.1 Å². The molecule has 0 fully saturated rings. The summed E-state index contributed by atoms with van der Waals surface area (Å²) in [4.78, 5) is 44.0. The van der Waals surface area contributed by atoms with Gasteiger partial charge in [-0.1, -0.05) is 37.7 Å². The maximum Gasteiger partial charge on any atom is 0.287 e. The summed E-state index contributed by atoms with van der Waals surface area (Å²) < 4.78 is 20.4. The van der Waals surface area contributed by atoms with Gasteiger partial charge >= 0.3 is 0 Å². The van der Waals surface area contributed by atoms with Gasteiger partial charge in [-0.15, -0.1) is 0 Å². The number of H-pyrrole nitrogens is 1. The Labute approximate surface area is 205 Å². The standard InChI is InChI=1S/C25H27FN4O4S/c1-13(2)22(19(31)11-27)29-24(33)21-9-8-20(34-21)14-6-7-15(17(26)10-14)12-35-25-28-18-5-3-4-16(18)23(32)30-25/h6-10,13,22H,3-5,11-12,27H2,1-2H3,(H,29,33)(H,28,30,32)/t22-/m0/s1. The SMILES string of the molecule is CC(C)[C@H](NC(=O)c1ccc(-c2ccc(CSc3nc4c(c(=O)[nH]3)CCC4)c(F)c2)o1)C(=O)CN. The highest BCUT2D eigenvalue weighted by Crippen LogP contribution is 2.28. The van der Waals surface area contributed by atoms with Crippen molar-refractivity contribution >= 4 is 23.5 Å². The van der Waals surface area contributed by atoms with Crippen molar-refractivity contribution in [3.8, 4) is 11.3 Å². The van der Waals surface area contributed by atoms with E-state index < -0.39 is 17.8 Å². The van der Waals surface area contributed by atoms with E-state index in [4.69, 9.17) is 10.2 Å². The van der Waals surface area contributed by atoms with Crippen LogP contribution in [0.4, 0.5) is 4.39 Å². The lowest BCUT2D eigenvalue weighted by Crippen LogP contribution is -2.46. The molecule has 35 heavy (non-hydrogen) atoms. The number of aromatic nitrogens is 2. The number of amides is 1.